The number of aromatic nitrogens is 1. The molecule has 1 N–H and O–H groups in total. The van der Waals surface area contributed by atoms with Gasteiger partial charge in [-0.3, -0.25) is 0 Å². The predicted molar refractivity (Wildman–Crippen MR) is 61.4 cm³/mol. The molecule has 0 aliphatic rings. The normalized spacial score (nSPS) is 11.4. The van der Waals surface area contributed by atoms with Crippen molar-refractivity contribution in [1.82, 2.24) is 0 Å². The summed E-state index contributed by atoms with van der Waals surface area (Å²) in [4.78, 5) is 0. The Morgan fingerprint density at radius 1 is 1.00 bits per heavy atom. The van der Waals surface area contributed by atoms with Crippen LogP contribution in [0.2, 0.25) is 0 Å². The van der Waals surface area contributed by atoms with Crippen LogP contribution in [0.15, 0.2) is 66.1 Å². The molecule has 2 rings (SSSR count). The summed E-state index contributed by atoms with van der Waals surface area (Å²) in [5, 5.41) is 12.4. The molecule has 0 aliphatic carbocycles. The topological polar surface area (TPSA) is 36.5 Å². The van der Waals surface area contributed by atoms with E-state index >= 15 is 0 Å². The Hall–Kier alpha value is -2.16. The van der Waals surface area contributed by atoms with Crippen LogP contribution in [0.1, 0.15) is 5.56 Å². The molecule has 80 valence electrons. The molecular formula is C13H13N2O+. The molecule has 0 saturated heterocycles. The number of oxime groups is 1. The van der Waals surface area contributed by atoms with E-state index in [2.05, 4.69) is 5.16 Å². The summed E-state index contributed by atoms with van der Waals surface area (Å²) in [7, 11) is 0. The van der Waals surface area contributed by atoms with Gasteiger partial charge in [-0.05, 0) is 0 Å². The number of nitrogens with zero attached hydrogens (tertiary/aromatic N) is 2. The standard InChI is InChI=1S/C13H12N2O/c16-14-13(12-7-3-1-4-8-12)11-15-9-5-2-6-10-15/h1-10H,11H2/p+1/b14-13-. The van der Waals surface area contributed by atoms with Crippen LogP contribution in [0.4, 0.5) is 0 Å². The number of rotatable bonds is 3. The van der Waals surface area contributed by atoms with E-state index in [4.69, 9.17) is 5.21 Å². The Labute approximate surface area is 94.3 Å². The third-order valence-electron chi connectivity index (χ3n) is 2.34. The third kappa shape index (κ3) is 2.45. The largest absolute Gasteiger partial charge is 0.410 e. The molecule has 0 saturated carbocycles. The van der Waals surface area contributed by atoms with E-state index in [1.807, 2.05) is 65.5 Å². The minimum Gasteiger partial charge on any atom is -0.410 e. The van der Waals surface area contributed by atoms with E-state index in [0.717, 1.165) is 5.56 Å². The maximum absolute atomic E-state index is 9.02. The van der Waals surface area contributed by atoms with Crippen molar-refractivity contribution < 1.29 is 9.77 Å². The van der Waals surface area contributed by atoms with E-state index in [1.54, 1.807) is 0 Å². The summed E-state index contributed by atoms with van der Waals surface area (Å²) in [6.07, 6.45) is 3.88. The Kier molecular flexibility index (Phi) is 3.28. The molecule has 0 aliphatic heterocycles. The number of pyridine rings is 1. The van der Waals surface area contributed by atoms with Crippen molar-refractivity contribution >= 4 is 5.71 Å². The molecule has 0 radical (unpaired) electrons. The van der Waals surface area contributed by atoms with Crippen molar-refractivity contribution in [2.45, 2.75) is 6.54 Å². The predicted octanol–water partition coefficient (Wildman–Crippen LogP) is 1.85. The second-order valence-electron chi connectivity index (χ2n) is 3.46. The molecular weight excluding hydrogens is 200 g/mol. The van der Waals surface area contributed by atoms with Crippen LogP contribution >= 0.6 is 0 Å². The first-order valence-electron chi connectivity index (χ1n) is 5.10. The average Bonchev–Trinajstić information content (AvgIpc) is 2.38. The van der Waals surface area contributed by atoms with Gasteiger partial charge in [0.15, 0.2) is 24.7 Å². The lowest BCUT2D eigenvalue weighted by atomic mass is 10.1. The zero-order chi connectivity index (χ0) is 11.2. The maximum atomic E-state index is 9.02. The van der Waals surface area contributed by atoms with Crippen LogP contribution in [-0.4, -0.2) is 10.9 Å². The second-order valence-corrected chi connectivity index (χ2v) is 3.46. The van der Waals surface area contributed by atoms with Gasteiger partial charge in [0.2, 0.25) is 0 Å². The summed E-state index contributed by atoms with van der Waals surface area (Å²) >= 11 is 0. The second kappa shape index (κ2) is 5.07. The molecule has 1 aromatic carbocycles. The van der Waals surface area contributed by atoms with Gasteiger partial charge < -0.3 is 5.21 Å². The molecule has 0 amide bonds. The highest BCUT2D eigenvalue weighted by Crippen LogP contribution is 2.01. The quantitative estimate of drug-likeness (QED) is 0.359. The highest BCUT2D eigenvalue weighted by Gasteiger charge is 2.09. The van der Waals surface area contributed by atoms with Crippen LogP contribution in [0.3, 0.4) is 0 Å². The Balaban J connectivity index is 2.20. The van der Waals surface area contributed by atoms with Crippen LogP contribution in [0.25, 0.3) is 0 Å². The molecule has 0 spiro atoms. The molecule has 2 aromatic rings. The van der Waals surface area contributed by atoms with Gasteiger partial charge in [0, 0.05) is 17.7 Å². The number of benzene rings is 1. The van der Waals surface area contributed by atoms with Crippen molar-refractivity contribution in [3.63, 3.8) is 0 Å². The van der Waals surface area contributed by atoms with Crippen LogP contribution in [0.5, 0.6) is 0 Å². The summed E-state index contributed by atoms with van der Waals surface area (Å²) in [6.45, 7) is 0.557. The van der Waals surface area contributed by atoms with Crippen LogP contribution in [0, 0.1) is 0 Å². The first kappa shape index (κ1) is 10.4. The van der Waals surface area contributed by atoms with E-state index in [0.29, 0.717) is 12.3 Å². The summed E-state index contributed by atoms with van der Waals surface area (Å²) in [5.74, 6) is 0. The highest BCUT2D eigenvalue weighted by molar-refractivity contribution is 5.99. The highest BCUT2D eigenvalue weighted by atomic mass is 16.4. The average molecular weight is 213 g/mol. The minimum atomic E-state index is 0.557. The van der Waals surface area contributed by atoms with E-state index < -0.39 is 0 Å². The molecule has 0 fully saturated rings. The maximum Gasteiger partial charge on any atom is 0.194 e. The minimum absolute atomic E-state index is 0.557. The first-order valence-corrected chi connectivity index (χ1v) is 5.10. The fraction of sp³-hybridized carbons (Fsp3) is 0.0769. The van der Waals surface area contributed by atoms with Gasteiger partial charge in [-0.2, -0.15) is 4.57 Å². The van der Waals surface area contributed by atoms with Crippen molar-refractivity contribution in [3.05, 3.63) is 66.5 Å². The lowest BCUT2D eigenvalue weighted by Crippen LogP contribution is -2.37. The smallest absolute Gasteiger partial charge is 0.194 e. The zero-order valence-electron chi connectivity index (χ0n) is 8.82. The zero-order valence-corrected chi connectivity index (χ0v) is 8.82. The van der Waals surface area contributed by atoms with E-state index in [1.165, 1.54) is 0 Å². The first-order chi connectivity index (χ1) is 7.90. The van der Waals surface area contributed by atoms with Crippen molar-refractivity contribution in [3.8, 4) is 0 Å². The summed E-state index contributed by atoms with van der Waals surface area (Å²) in [6, 6.07) is 15.5. The lowest BCUT2D eigenvalue weighted by molar-refractivity contribution is -0.681. The van der Waals surface area contributed by atoms with E-state index in [-0.39, 0.29) is 0 Å². The van der Waals surface area contributed by atoms with Crippen LogP contribution < -0.4 is 4.57 Å². The van der Waals surface area contributed by atoms with Gasteiger partial charge in [0.1, 0.15) is 0 Å². The van der Waals surface area contributed by atoms with Gasteiger partial charge >= 0.3 is 0 Å². The number of hydrogen-bond acceptors (Lipinski definition) is 2. The van der Waals surface area contributed by atoms with Crippen molar-refractivity contribution in [2.75, 3.05) is 0 Å². The number of hydrogen-bond donors (Lipinski definition) is 1. The van der Waals surface area contributed by atoms with Crippen molar-refractivity contribution in [2.24, 2.45) is 5.16 Å². The molecule has 16 heavy (non-hydrogen) atoms. The molecule has 0 atom stereocenters. The monoisotopic (exact) mass is 213 g/mol. The Bertz CT molecular complexity index is 466. The molecule has 0 bridgehead atoms. The Morgan fingerprint density at radius 3 is 2.25 bits per heavy atom. The molecule has 3 nitrogen and oxygen atoms in total. The molecule has 0 unspecified atom stereocenters. The molecule has 1 heterocycles. The molecule has 1 aromatic heterocycles. The SMILES string of the molecule is O/N=C(/C[n+]1ccccc1)c1ccccc1. The van der Waals surface area contributed by atoms with Gasteiger partial charge in [0.05, 0.1) is 0 Å². The van der Waals surface area contributed by atoms with Gasteiger partial charge in [-0.25, -0.2) is 0 Å². The summed E-state index contributed by atoms with van der Waals surface area (Å²) in [5.41, 5.74) is 1.58. The summed E-state index contributed by atoms with van der Waals surface area (Å²) < 4.78 is 1.96. The third-order valence-corrected chi connectivity index (χ3v) is 2.34. The van der Waals surface area contributed by atoms with E-state index in [9.17, 15) is 0 Å². The van der Waals surface area contributed by atoms with Gasteiger partial charge in [-0.1, -0.05) is 41.6 Å². The van der Waals surface area contributed by atoms with Gasteiger partial charge in [0.25, 0.3) is 0 Å². The lowest BCUT2D eigenvalue weighted by Gasteiger charge is -2.00. The fourth-order valence-corrected chi connectivity index (χ4v) is 1.52. The van der Waals surface area contributed by atoms with Crippen molar-refractivity contribution in [1.29, 1.82) is 0 Å². The Morgan fingerprint density at radius 2 is 1.62 bits per heavy atom. The van der Waals surface area contributed by atoms with Gasteiger partial charge in [-0.15, -0.1) is 0 Å². The van der Waals surface area contributed by atoms with Crippen LogP contribution in [-0.2, 0) is 6.54 Å². The molecule has 3 heteroatoms. The fourth-order valence-electron chi connectivity index (χ4n) is 1.52.